The third-order valence-corrected chi connectivity index (χ3v) is 3.74. The molecule has 1 aliphatic heterocycles. The molecular weight excluding hydrogens is 302 g/mol. The summed E-state index contributed by atoms with van der Waals surface area (Å²) in [5.41, 5.74) is 0.504. The van der Waals surface area contributed by atoms with Crippen LogP contribution in [0.4, 0.5) is 0 Å². The number of esters is 1. The molecule has 1 aromatic rings. The lowest BCUT2D eigenvalue weighted by Crippen LogP contribution is -2.43. The lowest BCUT2D eigenvalue weighted by molar-refractivity contribution is -0.157. The van der Waals surface area contributed by atoms with Crippen molar-refractivity contribution in [2.45, 2.75) is 26.4 Å². The molecule has 122 valence electrons. The Kier molecular flexibility index (Phi) is 4.78. The van der Waals surface area contributed by atoms with E-state index in [2.05, 4.69) is 0 Å². The first-order valence-electron chi connectivity index (χ1n) is 7.22. The van der Waals surface area contributed by atoms with Gasteiger partial charge in [0.25, 0.3) is 11.8 Å². The maximum absolute atomic E-state index is 12.3. The quantitative estimate of drug-likeness (QED) is 0.627. The third kappa shape index (κ3) is 3.23. The van der Waals surface area contributed by atoms with E-state index in [9.17, 15) is 24.3 Å². The fourth-order valence-electron chi connectivity index (χ4n) is 2.62. The first-order chi connectivity index (χ1) is 10.9. The number of ether oxygens (including phenoxy) is 1. The second-order valence-electron chi connectivity index (χ2n) is 5.27. The Balaban J connectivity index is 2.25. The molecule has 7 nitrogen and oxygen atoms in total. The monoisotopic (exact) mass is 319 g/mol. The predicted octanol–water partition coefficient (Wildman–Crippen LogP) is 1.33. The second kappa shape index (κ2) is 6.60. The highest BCUT2D eigenvalue weighted by molar-refractivity contribution is 6.21. The molecule has 1 aliphatic rings. The standard InChI is InChI=1S/C16H17NO6/c1-3-13(23-9(2)18)12(16(21)22)8-17-14(19)10-6-4-5-7-11(10)15(17)20/h4-7,12-13H,3,8H2,1-2H3,(H,21,22)/t12-,13+/m1/s1. The summed E-state index contributed by atoms with van der Waals surface area (Å²) in [7, 11) is 0. The van der Waals surface area contributed by atoms with Gasteiger partial charge in [-0.2, -0.15) is 0 Å². The van der Waals surface area contributed by atoms with Gasteiger partial charge in [0.1, 0.15) is 12.0 Å². The van der Waals surface area contributed by atoms with Crippen molar-refractivity contribution in [2.75, 3.05) is 6.54 Å². The molecule has 2 rings (SSSR count). The van der Waals surface area contributed by atoms with Gasteiger partial charge in [0.2, 0.25) is 0 Å². The summed E-state index contributed by atoms with van der Waals surface area (Å²) < 4.78 is 5.01. The van der Waals surface area contributed by atoms with Crippen LogP contribution in [0.5, 0.6) is 0 Å². The number of aliphatic carboxylic acids is 1. The number of amides is 2. The normalized spacial score (nSPS) is 16.0. The molecule has 0 saturated heterocycles. The van der Waals surface area contributed by atoms with Crippen molar-refractivity contribution < 1.29 is 29.0 Å². The van der Waals surface area contributed by atoms with E-state index in [0.29, 0.717) is 0 Å². The highest BCUT2D eigenvalue weighted by Gasteiger charge is 2.40. The average molecular weight is 319 g/mol. The van der Waals surface area contributed by atoms with Gasteiger partial charge in [-0.1, -0.05) is 19.1 Å². The molecule has 2 atom stereocenters. The van der Waals surface area contributed by atoms with Crippen molar-refractivity contribution >= 4 is 23.8 Å². The molecule has 0 saturated carbocycles. The highest BCUT2D eigenvalue weighted by Crippen LogP contribution is 2.25. The molecule has 1 N–H and O–H groups in total. The summed E-state index contributed by atoms with van der Waals surface area (Å²) in [6.07, 6.45) is -0.644. The molecule has 1 heterocycles. The SMILES string of the molecule is CC[C@H](OC(C)=O)[C@@H](CN1C(=O)c2ccccc2C1=O)C(=O)O. The number of rotatable bonds is 6. The molecule has 0 fully saturated rings. The van der Waals surface area contributed by atoms with Gasteiger partial charge in [-0.05, 0) is 18.6 Å². The number of hydrogen-bond donors (Lipinski definition) is 1. The summed E-state index contributed by atoms with van der Waals surface area (Å²) in [6, 6.07) is 6.31. The van der Waals surface area contributed by atoms with Gasteiger partial charge in [0.15, 0.2) is 0 Å². The minimum Gasteiger partial charge on any atom is -0.481 e. The van der Waals surface area contributed by atoms with E-state index >= 15 is 0 Å². The zero-order valence-corrected chi connectivity index (χ0v) is 12.8. The molecule has 1 aromatic carbocycles. The number of carboxylic acid groups (broad SMARTS) is 1. The summed E-state index contributed by atoms with van der Waals surface area (Å²) >= 11 is 0. The van der Waals surface area contributed by atoms with E-state index in [1.165, 1.54) is 19.1 Å². The Bertz CT molecular complexity index is 633. The fraction of sp³-hybridized carbons (Fsp3) is 0.375. The van der Waals surface area contributed by atoms with Crippen LogP contribution in [0.3, 0.4) is 0 Å². The van der Waals surface area contributed by atoms with Crippen LogP contribution < -0.4 is 0 Å². The molecule has 0 aromatic heterocycles. The van der Waals surface area contributed by atoms with Crippen LogP contribution in [-0.2, 0) is 14.3 Å². The molecule has 0 aliphatic carbocycles. The van der Waals surface area contributed by atoms with Crippen LogP contribution in [-0.4, -0.2) is 46.4 Å². The summed E-state index contributed by atoms with van der Waals surface area (Å²) in [4.78, 5) is 48.1. The largest absolute Gasteiger partial charge is 0.481 e. The topological polar surface area (TPSA) is 101 Å². The van der Waals surface area contributed by atoms with Gasteiger partial charge in [-0.25, -0.2) is 0 Å². The number of carbonyl (C=O) groups is 4. The molecular formula is C16H17NO6. The van der Waals surface area contributed by atoms with Gasteiger partial charge in [-0.3, -0.25) is 24.1 Å². The van der Waals surface area contributed by atoms with Crippen LogP contribution in [0.2, 0.25) is 0 Å². The summed E-state index contributed by atoms with van der Waals surface area (Å²) in [5, 5.41) is 9.40. The Morgan fingerprint density at radius 3 is 2.09 bits per heavy atom. The molecule has 7 heteroatoms. The molecule has 0 radical (unpaired) electrons. The second-order valence-corrected chi connectivity index (χ2v) is 5.27. The van der Waals surface area contributed by atoms with Crippen molar-refractivity contribution in [3.63, 3.8) is 0 Å². The molecule has 0 unspecified atom stereocenters. The van der Waals surface area contributed by atoms with Gasteiger partial charge in [0, 0.05) is 13.5 Å². The van der Waals surface area contributed by atoms with Crippen LogP contribution >= 0.6 is 0 Å². The highest BCUT2D eigenvalue weighted by atomic mass is 16.5. The van der Waals surface area contributed by atoms with E-state index in [0.717, 1.165) is 4.90 Å². The number of carboxylic acids is 1. The minimum atomic E-state index is -1.23. The zero-order valence-electron chi connectivity index (χ0n) is 12.8. The van der Waals surface area contributed by atoms with E-state index in [4.69, 9.17) is 4.74 Å². The smallest absolute Gasteiger partial charge is 0.312 e. The number of benzene rings is 1. The minimum absolute atomic E-state index is 0.252. The Morgan fingerprint density at radius 2 is 1.70 bits per heavy atom. The third-order valence-electron chi connectivity index (χ3n) is 3.74. The van der Waals surface area contributed by atoms with E-state index in [-0.39, 0.29) is 24.1 Å². The van der Waals surface area contributed by atoms with Gasteiger partial charge in [-0.15, -0.1) is 0 Å². The van der Waals surface area contributed by atoms with E-state index in [1.807, 2.05) is 0 Å². The Hall–Kier alpha value is -2.70. The summed E-state index contributed by atoms with van der Waals surface area (Å²) in [6.45, 7) is 2.52. The predicted molar refractivity (Wildman–Crippen MR) is 78.8 cm³/mol. The van der Waals surface area contributed by atoms with Crippen LogP contribution in [0.25, 0.3) is 0 Å². The molecule has 2 amide bonds. The van der Waals surface area contributed by atoms with Crippen LogP contribution in [0.15, 0.2) is 24.3 Å². The van der Waals surface area contributed by atoms with Crippen molar-refractivity contribution in [3.8, 4) is 0 Å². The van der Waals surface area contributed by atoms with Crippen LogP contribution in [0, 0.1) is 5.92 Å². The number of hydrogen-bond acceptors (Lipinski definition) is 5. The number of carbonyl (C=O) groups excluding carboxylic acids is 3. The molecule has 0 bridgehead atoms. The fourth-order valence-corrected chi connectivity index (χ4v) is 2.62. The number of nitrogens with zero attached hydrogens (tertiary/aromatic N) is 1. The van der Waals surface area contributed by atoms with Crippen molar-refractivity contribution in [2.24, 2.45) is 5.92 Å². The zero-order chi connectivity index (χ0) is 17.1. The van der Waals surface area contributed by atoms with Crippen molar-refractivity contribution in [3.05, 3.63) is 35.4 Å². The lowest BCUT2D eigenvalue weighted by atomic mass is 9.99. The van der Waals surface area contributed by atoms with Gasteiger partial charge < -0.3 is 9.84 Å². The maximum atomic E-state index is 12.3. The maximum Gasteiger partial charge on any atom is 0.312 e. The Labute approximate surface area is 132 Å². The first kappa shape index (κ1) is 16.7. The van der Waals surface area contributed by atoms with Gasteiger partial charge >= 0.3 is 11.9 Å². The average Bonchev–Trinajstić information content (AvgIpc) is 2.75. The van der Waals surface area contributed by atoms with E-state index < -0.39 is 35.8 Å². The molecule has 23 heavy (non-hydrogen) atoms. The molecule has 0 spiro atoms. The number of fused-ring (bicyclic) bond motifs is 1. The van der Waals surface area contributed by atoms with Gasteiger partial charge in [0.05, 0.1) is 11.1 Å². The van der Waals surface area contributed by atoms with Crippen molar-refractivity contribution in [1.82, 2.24) is 4.90 Å². The number of imide groups is 1. The van der Waals surface area contributed by atoms with Crippen molar-refractivity contribution in [1.29, 1.82) is 0 Å². The Morgan fingerprint density at radius 1 is 1.17 bits per heavy atom. The van der Waals surface area contributed by atoms with E-state index in [1.54, 1.807) is 19.1 Å². The summed E-state index contributed by atoms with van der Waals surface area (Å²) in [5.74, 6) is -4.07. The van der Waals surface area contributed by atoms with Crippen LogP contribution in [0.1, 0.15) is 41.0 Å². The lowest BCUT2D eigenvalue weighted by Gasteiger charge is -2.25. The first-order valence-corrected chi connectivity index (χ1v) is 7.22.